The van der Waals surface area contributed by atoms with Crippen LogP contribution >= 0.6 is 0 Å². The van der Waals surface area contributed by atoms with Crippen LogP contribution in [0.1, 0.15) is 46.0 Å². The summed E-state index contributed by atoms with van der Waals surface area (Å²) in [6.07, 6.45) is 14.2. The number of allylic oxidation sites excluding steroid dienone is 5. The normalized spacial score (nSPS) is 21.8. The van der Waals surface area contributed by atoms with E-state index in [0.29, 0.717) is 0 Å². The Labute approximate surface area is 214 Å². The van der Waals surface area contributed by atoms with Crippen molar-refractivity contribution in [2.24, 2.45) is 0 Å². The Morgan fingerprint density at radius 3 is 2.46 bits per heavy atom. The van der Waals surface area contributed by atoms with Crippen LogP contribution in [0.25, 0.3) is 6.08 Å². The largest absolute Gasteiger partial charge is 1.00 e. The van der Waals surface area contributed by atoms with Crippen LogP contribution in [0.3, 0.4) is 0 Å². The summed E-state index contributed by atoms with van der Waals surface area (Å²) in [4.78, 5) is 0. The summed E-state index contributed by atoms with van der Waals surface area (Å²) in [6.45, 7) is 0. The Kier molecular flexibility index (Phi) is 8.37. The maximum absolute atomic E-state index is 2.58. The molecule has 0 bridgehead atoms. The Balaban J connectivity index is 0.00000112. The number of hydrogen-bond acceptors (Lipinski definition) is 0. The van der Waals surface area contributed by atoms with Crippen molar-refractivity contribution < 1.29 is 70.9 Å². The van der Waals surface area contributed by atoms with Gasteiger partial charge in [0, 0.05) is 0 Å². The van der Waals surface area contributed by atoms with Gasteiger partial charge in [-0.1, -0.05) is 0 Å². The number of benzene rings is 2. The third-order valence-corrected chi connectivity index (χ3v) is 12.9. The molecule has 0 fully saturated rings. The summed E-state index contributed by atoms with van der Waals surface area (Å²) in [5.41, 5.74) is 9.78. The molecule has 0 spiro atoms. The fourth-order valence-electron chi connectivity index (χ4n) is 4.73. The molecule has 2 atom stereocenters. The van der Waals surface area contributed by atoms with Gasteiger partial charge in [-0.05, 0) is 0 Å². The van der Waals surface area contributed by atoms with E-state index in [1.54, 1.807) is 16.7 Å². The van der Waals surface area contributed by atoms with Crippen molar-refractivity contribution in [1.29, 1.82) is 0 Å². The fourth-order valence-corrected chi connectivity index (χ4v) is 11.7. The van der Waals surface area contributed by atoms with Crippen LogP contribution in [0.4, 0.5) is 0 Å². The second kappa shape index (κ2) is 10.3. The van der Waals surface area contributed by atoms with E-state index in [2.05, 4.69) is 72.8 Å². The van der Waals surface area contributed by atoms with Crippen molar-refractivity contribution in [2.75, 3.05) is 0 Å². The van der Waals surface area contributed by atoms with Gasteiger partial charge in [0.25, 0.3) is 0 Å². The van der Waals surface area contributed by atoms with Crippen LogP contribution < -0.4 is 48.0 Å². The maximum atomic E-state index is 2.58. The van der Waals surface area contributed by atoms with E-state index in [9.17, 15) is 0 Å². The molecule has 5 rings (SSSR count). The van der Waals surface area contributed by atoms with Crippen molar-refractivity contribution in [3.05, 3.63) is 100 Å². The summed E-state index contributed by atoms with van der Waals surface area (Å²) < 4.78 is 1.61. The minimum absolute atomic E-state index is 0. The average Bonchev–Trinajstić information content (AvgIpc) is 3.25. The Morgan fingerprint density at radius 2 is 1.61 bits per heavy atom. The molecule has 2 aromatic rings. The molecule has 0 N–H and O–H groups in total. The van der Waals surface area contributed by atoms with Crippen molar-refractivity contribution in [3.8, 4) is 0 Å². The van der Waals surface area contributed by atoms with Gasteiger partial charge in [0.2, 0.25) is 0 Å². The molecule has 28 heavy (non-hydrogen) atoms. The van der Waals surface area contributed by atoms with Gasteiger partial charge in [0.15, 0.2) is 0 Å². The average molecular weight is 757 g/mol. The number of fused-ring (bicyclic) bond motifs is 1. The van der Waals surface area contributed by atoms with Crippen molar-refractivity contribution in [1.82, 2.24) is 0 Å². The quantitative estimate of drug-likeness (QED) is 0.319. The number of rotatable bonds is 4. The number of hydrogen-bond donors (Lipinski definition) is 0. The second-order valence-corrected chi connectivity index (χ2v) is 13.2. The van der Waals surface area contributed by atoms with E-state index < -0.39 is 22.9 Å². The molecule has 0 saturated carbocycles. The second-order valence-electron chi connectivity index (χ2n) is 7.70. The van der Waals surface area contributed by atoms with Gasteiger partial charge < -0.3 is 48.0 Å². The van der Waals surface area contributed by atoms with E-state index in [0.717, 1.165) is 13.8 Å². The smallest absolute Gasteiger partial charge is 1.00 e. The molecule has 0 saturated heterocycles. The van der Waals surface area contributed by atoms with E-state index in [1.807, 2.05) is 5.57 Å². The predicted octanol–water partition coefficient (Wildman–Crippen LogP) is 0.687. The summed E-state index contributed by atoms with van der Waals surface area (Å²) in [5, 5.41) is 0. The minimum atomic E-state index is -0.897. The number of halogens is 2. The first kappa shape index (κ1) is 22.7. The maximum Gasteiger partial charge on any atom is -1.00 e. The predicted molar refractivity (Wildman–Crippen MR) is 106 cm³/mol. The molecule has 142 valence electrons. The summed E-state index contributed by atoms with van der Waals surface area (Å²) in [7, 11) is 0. The molecule has 0 aliphatic heterocycles. The molecular formula is C25H24HfI2. The van der Waals surface area contributed by atoms with E-state index in [1.165, 1.54) is 36.8 Å². The first-order chi connectivity index (χ1) is 12.9. The summed E-state index contributed by atoms with van der Waals surface area (Å²) in [6, 6.07) is 20.2. The zero-order valence-corrected chi connectivity index (χ0v) is 23.8. The van der Waals surface area contributed by atoms with Gasteiger partial charge in [-0.3, -0.25) is 0 Å². The van der Waals surface area contributed by atoms with E-state index in [-0.39, 0.29) is 48.0 Å². The molecule has 0 amide bonds. The molecule has 2 unspecified atom stereocenters. The van der Waals surface area contributed by atoms with Crippen molar-refractivity contribution in [3.63, 3.8) is 0 Å². The van der Waals surface area contributed by atoms with Crippen LogP contribution in [-0.2, 0) is 29.3 Å². The molecule has 0 radical (unpaired) electrons. The molecule has 3 heteroatoms. The zero-order valence-electron chi connectivity index (χ0n) is 15.9. The van der Waals surface area contributed by atoms with Gasteiger partial charge in [0.05, 0.1) is 0 Å². The first-order valence-electron chi connectivity index (χ1n) is 9.88. The van der Waals surface area contributed by atoms with Crippen LogP contribution in [0.2, 0.25) is 3.67 Å². The van der Waals surface area contributed by atoms with E-state index >= 15 is 0 Å². The Hall–Kier alpha value is -0.00987. The van der Waals surface area contributed by atoms with Crippen molar-refractivity contribution >= 4 is 6.08 Å². The molecule has 0 aromatic heterocycles. The van der Waals surface area contributed by atoms with Crippen LogP contribution in [0.15, 0.2) is 83.5 Å². The zero-order chi connectivity index (χ0) is 17.3. The Morgan fingerprint density at radius 1 is 0.857 bits per heavy atom. The molecule has 0 heterocycles. The standard InChI is InChI=1S/C16H13.C9H11.Hf.2HI/c1-2-6-13(7-3-1)10-14-11-15-8-4-5-9-16(15)12-14;1-2-5-9-7-3-6-8(9)4-1;;;/h1-9,11-12H,10H2;3,6-7H,1-2,4-5H2;;2*1H/q;;+2;;/p-2. The molecule has 3 aliphatic carbocycles. The topological polar surface area (TPSA) is 0 Å². The fraction of sp³-hybridized carbons (Fsp3) is 0.280. The summed E-state index contributed by atoms with van der Waals surface area (Å²) in [5.74, 6) is 0. The monoisotopic (exact) mass is 758 g/mol. The third kappa shape index (κ3) is 4.66. The van der Waals surface area contributed by atoms with Crippen LogP contribution in [0.5, 0.6) is 0 Å². The van der Waals surface area contributed by atoms with Gasteiger partial charge in [-0.2, -0.15) is 0 Å². The van der Waals surface area contributed by atoms with Gasteiger partial charge in [0.1, 0.15) is 0 Å². The minimum Gasteiger partial charge on any atom is -1.00 e. The van der Waals surface area contributed by atoms with Crippen LogP contribution in [-0.4, -0.2) is 0 Å². The van der Waals surface area contributed by atoms with Crippen LogP contribution in [0, 0.1) is 0 Å². The third-order valence-electron chi connectivity index (χ3n) is 6.04. The van der Waals surface area contributed by atoms with Gasteiger partial charge in [-0.25, -0.2) is 0 Å². The van der Waals surface area contributed by atoms with Gasteiger partial charge in [-0.15, -0.1) is 0 Å². The van der Waals surface area contributed by atoms with E-state index in [4.69, 9.17) is 0 Å². The summed E-state index contributed by atoms with van der Waals surface area (Å²) >= 11 is -0.897. The molecule has 2 aromatic carbocycles. The first-order valence-corrected chi connectivity index (χ1v) is 14.0. The molecule has 3 aliphatic rings. The Bertz CT molecular complexity index is 911. The van der Waals surface area contributed by atoms with Gasteiger partial charge >= 0.3 is 169 Å². The van der Waals surface area contributed by atoms with Crippen molar-refractivity contribution in [2.45, 2.75) is 39.5 Å². The molecular weight excluding hydrogens is 733 g/mol. The molecule has 0 nitrogen and oxygen atoms in total. The SMILES string of the molecule is C1=C[CH]([Hf+2][CH]2C(Cc3ccccc3)=Cc3ccccc32)C2=C1CCCC2.[I-].[I-].